The van der Waals surface area contributed by atoms with Crippen LogP contribution in [-0.4, -0.2) is 17.6 Å². The van der Waals surface area contributed by atoms with Crippen LogP contribution in [0.5, 0.6) is 0 Å². The minimum atomic E-state index is 0.509. The maximum absolute atomic E-state index is 4.18. The summed E-state index contributed by atoms with van der Waals surface area (Å²) in [6.45, 7) is 3.17. The number of aryl methyl sites for hydroxylation is 1. The molecular weight excluding hydrogens is 312 g/mol. The number of likely N-dealkylation sites (N-methyl/N-ethyl adjacent to an activating group) is 1. The molecule has 3 heteroatoms. The number of nitrogens with one attached hydrogen (secondary N) is 1. The Kier molecular flexibility index (Phi) is 6.22. The van der Waals surface area contributed by atoms with E-state index in [4.69, 9.17) is 0 Å². The fourth-order valence-electron chi connectivity index (χ4n) is 2.40. The summed E-state index contributed by atoms with van der Waals surface area (Å²) in [6, 6.07) is 13.2. The van der Waals surface area contributed by atoms with E-state index in [1.807, 2.05) is 18.5 Å². The Hall–Kier alpha value is -1.19. The summed E-state index contributed by atoms with van der Waals surface area (Å²) in [5, 5.41) is 3.59. The summed E-state index contributed by atoms with van der Waals surface area (Å²) in [6.07, 6.45) is 7.05. The van der Waals surface area contributed by atoms with E-state index in [2.05, 4.69) is 63.5 Å². The number of pyridine rings is 1. The van der Waals surface area contributed by atoms with Gasteiger partial charge in [-0.2, -0.15) is 0 Å². The molecule has 0 aliphatic heterocycles. The fourth-order valence-corrected chi connectivity index (χ4v) is 2.85. The second kappa shape index (κ2) is 8.18. The van der Waals surface area contributed by atoms with Gasteiger partial charge in [0.1, 0.15) is 0 Å². The molecule has 20 heavy (non-hydrogen) atoms. The third-order valence-corrected chi connectivity index (χ3v) is 3.86. The van der Waals surface area contributed by atoms with Gasteiger partial charge in [-0.05, 0) is 55.1 Å². The molecule has 0 saturated carbocycles. The van der Waals surface area contributed by atoms with E-state index in [0.717, 1.165) is 30.3 Å². The molecular formula is C17H21BrN2. The zero-order valence-corrected chi connectivity index (χ0v) is 13.4. The number of hydrogen-bond donors (Lipinski definition) is 1. The molecule has 0 amide bonds. The largest absolute Gasteiger partial charge is 0.314 e. The lowest BCUT2D eigenvalue weighted by Crippen LogP contribution is -2.31. The van der Waals surface area contributed by atoms with Crippen molar-refractivity contribution in [2.24, 2.45) is 0 Å². The highest BCUT2D eigenvalue weighted by Crippen LogP contribution is 2.15. The first kappa shape index (κ1) is 15.2. The van der Waals surface area contributed by atoms with E-state index >= 15 is 0 Å². The lowest BCUT2D eigenvalue weighted by molar-refractivity contribution is 0.491. The number of aromatic nitrogens is 1. The van der Waals surface area contributed by atoms with Crippen LogP contribution in [0, 0.1) is 0 Å². The highest BCUT2D eigenvalue weighted by atomic mass is 79.9. The molecule has 1 N–H and O–H groups in total. The molecule has 2 rings (SSSR count). The SMILES string of the molecule is CCNC(CCc1cccnc1)Cc1cccc(Br)c1. The molecule has 1 unspecified atom stereocenters. The van der Waals surface area contributed by atoms with Gasteiger partial charge in [0.2, 0.25) is 0 Å². The molecule has 1 aromatic carbocycles. The molecule has 106 valence electrons. The maximum atomic E-state index is 4.18. The molecule has 2 nitrogen and oxygen atoms in total. The van der Waals surface area contributed by atoms with Crippen LogP contribution in [0.1, 0.15) is 24.5 Å². The van der Waals surface area contributed by atoms with Gasteiger partial charge in [-0.3, -0.25) is 4.98 Å². The van der Waals surface area contributed by atoms with Gasteiger partial charge >= 0.3 is 0 Å². The summed E-state index contributed by atoms with van der Waals surface area (Å²) in [5.74, 6) is 0. The number of halogens is 1. The Labute approximate surface area is 129 Å². The third kappa shape index (κ3) is 5.06. The Balaban J connectivity index is 1.93. The first-order valence-corrected chi connectivity index (χ1v) is 7.94. The van der Waals surface area contributed by atoms with Crippen LogP contribution in [0.25, 0.3) is 0 Å². The van der Waals surface area contributed by atoms with Gasteiger partial charge < -0.3 is 5.32 Å². The van der Waals surface area contributed by atoms with E-state index in [0.29, 0.717) is 6.04 Å². The van der Waals surface area contributed by atoms with Crippen LogP contribution in [0.15, 0.2) is 53.3 Å². The number of benzene rings is 1. The normalized spacial score (nSPS) is 12.3. The maximum Gasteiger partial charge on any atom is 0.0299 e. The molecule has 0 bridgehead atoms. The van der Waals surface area contributed by atoms with Gasteiger partial charge in [-0.15, -0.1) is 0 Å². The van der Waals surface area contributed by atoms with Gasteiger partial charge in [0, 0.05) is 22.9 Å². The second-order valence-corrected chi connectivity index (χ2v) is 5.90. The zero-order valence-electron chi connectivity index (χ0n) is 11.8. The number of rotatable bonds is 7. The summed E-state index contributed by atoms with van der Waals surface area (Å²) in [7, 11) is 0. The molecule has 1 heterocycles. The van der Waals surface area contributed by atoms with Gasteiger partial charge in [0.05, 0.1) is 0 Å². The van der Waals surface area contributed by atoms with Gasteiger partial charge in [-0.1, -0.05) is 41.1 Å². The molecule has 2 aromatic rings. The Morgan fingerprint density at radius 2 is 2.05 bits per heavy atom. The third-order valence-electron chi connectivity index (χ3n) is 3.37. The van der Waals surface area contributed by atoms with Crippen LogP contribution < -0.4 is 5.32 Å². The molecule has 0 aliphatic rings. The van der Waals surface area contributed by atoms with E-state index in [-0.39, 0.29) is 0 Å². The molecule has 1 aromatic heterocycles. The molecule has 0 fully saturated rings. The van der Waals surface area contributed by atoms with Crippen molar-refractivity contribution in [3.8, 4) is 0 Å². The van der Waals surface area contributed by atoms with E-state index < -0.39 is 0 Å². The smallest absolute Gasteiger partial charge is 0.0299 e. The van der Waals surface area contributed by atoms with E-state index in [1.54, 1.807) is 0 Å². The van der Waals surface area contributed by atoms with E-state index in [9.17, 15) is 0 Å². The monoisotopic (exact) mass is 332 g/mol. The Bertz CT molecular complexity index is 513. The summed E-state index contributed by atoms with van der Waals surface area (Å²) in [5.41, 5.74) is 2.68. The summed E-state index contributed by atoms with van der Waals surface area (Å²) >= 11 is 3.54. The minimum Gasteiger partial charge on any atom is -0.314 e. The average Bonchev–Trinajstić information content (AvgIpc) is 2.46. The van der Waals surface area contributed by atoms with Gasteiger partial charge in [0.25, 0.3) is 0 Å². The first-order chi connectivity index (χ1) is 9.78. The van der Waals surface area contributed by atoms with Crippen molar-refractivity contribution in [2.75, 3.05) is 6.54 Å². The van der Waals surface area contributed by atoms with Crippen molar-refractivity contribution in [1.82, 2.24) is 10.3 Å². The van der Waals surface area contributed by atoms with Crippen molar-refractivity contribution in [3.05, 3.63) is 64.4 Å². The molecule has 1 atom stereocenters. The van der Waals surface area contributed by atoms with Crippen molar-refractivity contribution in [3.63, 3.8) is 0 Å². The summed E-state index contributed by atoms with van der Waals surface area (Å²) in [4.78, 5) is 4.18. The minimum absolute atomic E-state index is 0.509. The predicted molar refractivity (Wildman–Crippen MR) is 87.9 cm³/mol. The van der Waals surface area contributed by atoms with Crippen molar-refractivity contribution in [1.29, 1.82) is 0 Å². The Morgan fingerprint density at radius 1 is 1.20 bits per heavy atom. The highest BCUT2D eigenvalue weighted by Gasteiger charge is 2.09. The number of nitrogens with zero attached hydrogens (tertiary/aromatic N) is 1. The van der Waals surface area contributed by atoms with E-state index in [1.165, 1.54) is 11.1 Å². The van der Waals surface area contributed by atoms with Crippen LogP contribution in [0.3, 0.4) is 0 Å². The van der Waals surface area contributed by atoms with Crippen LogP contribution in [0.2, 0.25) is 0 Å². The molecule has 0 spiro atoms. The summed E-state index contributed by atoms with van der Waals surface area (Å²) < 4.78 is 1.15. The van der Waals surface area contributed by atoms with Crippen LogP contribution >= 0.6 is 15.9 Å². The topological polar surface area (TPSA) is 24.9 Å². The van der Waals surface area contributed by atoms with Crippen molar-refractivity contribution in [2.45, 2.75) is 32.2 Å². The van der Waals surface area contributed by atoms with Crippen molar-refractivity contribution >= 4 is 15.9 Å². The molecule has 0 radical (unpaired) electrons. The van der Waals surface area contributed by atoms with Crippen molar-refractivity contribution < 1.29 is 0 Å². The first-order valence-electron chi connectivity index (χ1n) is 7.14. The van der Waals surface area contributed by atoms with Gasteiger partial charge in [-0.25, -0.2) is 0 Å². The van der Waals surface area contributed by atoms with Crippen LogP contribution in [-0.2, 0) is 12.8 Å². The predicted octanol–water partition coefficient (Wildman–Crippen LogP) is 4.00. The standard InChI is InChI=1S/C17H21BrN2/c1-2-20-17(9-8-14-6-4-10-19-13-14)12-15-5-3-7-16(18)11-15/h3-7,10-11,13,17,20H,2,8-9,12H2,1H3. The molecule has 0 saturated heterocycles. The lowest BCUT2D eigenvalue weighted by Gasteiger charge is -2.18. The number of hydrogen-bond acceptors (Lipinski definition) is 2. The lowest BCUT2D eigenvalue weighted by atomic mass is 9.99. The second-order valence-electron chi connectivity index (χ2n) is 4.99. The van der Waals surface area contributed by atoms with Gasteiger partial charge in [0.15, 0.2) is 0 Å². The fraction of sp³-hybridized carbons (Fsp3) is 0.353. The zero-order chi connectivity index (χ0) is 14.2. The van der Waals surface area contributed by atoms with Crippen LogP contribution in [0.4, 0.5) is 0 Å². The Morgan fingerprint density at radius 3 is 2.75 bits per heavy atom. The highest BCUT2D eigenvalue weighted by molar-refractivity contribution is 9.10. The quantitative estimate of drug-likeness (QED) is 0.828. The average molecular weight is 333 g/mol. The molecule has 0 aliphatic carbocycles.